The van der Waals surface area contributed by atoms with Gasteiger partial charge in [0.2, 0.25) is 5.69 Å². The summed E-state index contributed by atoms with van der Waals surface area (Å²) in [5.74, 6) is 0. The molecule has 0 radical (unpaired) electrons. The highest BCUT2D eigenvalue weighted by atomic mass is 32.9. The van der Waals surface area contributed by atoms with Crippen molar-refractivity contribution >= 4 is 35.1 Å². The second-order valence-electron chi connectivity index (χ2n) is 5.82. The Kier molecular flexibility index (Phi) is 8.39. The van der Waals surface area contributed by atoms with Gasteiger partial charge >= 0.3 is 0 Å². The molecule has 19 heavy (non-hydrogen) atoms. The van der Waals surface area contributed by atoms with Crippen molar-refractivity contribution < 1.29 is 9.05 Å². The smallest absolute Gasteiger partial charge is 0.248 e. The van der Waals surface area contributed by atoms with Crippen molar-refractivity contribution in [1.82, 2.24) is 0 Å². The number of nitrogens with zero attached hydrogens (tertiary/aromatic N) is 1. The summed E-state index contributed by atoms with van der Waals surface area (Å²) in [5, 5.41) is 0. The van der Waals surface area contributed by atoms with Gasteiger partial charge in [0, 0.05) is 12.3 Å². The predicted octanol–water partition coefficient (Wildman–Crippen LogP) is 5.05. The molecule has 0 aromatic carbocycles. The summed E-state index contributed by atoms with van der Waals surface area (Å²) >= 11 is 7.23. The molecule has 0 fully saturated rings. The molecule has 0 aliphatic rings. The van der Waals surface area contributed by atoms with Crippen LogP contribution >= 0.6 is 17.1 Å². The molecule has 0 unspecified atom stereocenters. The van der Waals surface area contributed by atoms with Gasteiger partial charge in [-0.05, 0) is 67.2 Å². The Hall–Kier alpha value is 0.590. The number of hydrogen-bond donors (Lipinski definition) is 0. The van der Waals surface area contributed by atoms with E-state index in [4.69, 9.17) is 20.9 Å². The molecular weight excluding hydrogens is 297 g/mol. The Labute approximate surface area is 127 Å². The molecule has 6 heteroatoms. The molecule has 0 atom stereocenters. The highest BCUT2D eigenvalue weighted by Gasteiger charge is 2.31. The van der Waals surface area contributed by atoms with Gasteiger partial charge in [0.15, 0.2) is 0 Å². The van der Waals surface area contributed by atoms with E-state index in [0.29, 0.717) is 0 Å². The molecule has 3 nitrogen and oxygen atoms in total. The van der Waals surface area contributed by atoms with Crippen LogP contribution in [-0.4, -0.2) is 29.2 Å². The third kappa shape index (κ3) is 10.0. The molecule has 0 aliphatic carbocycles. The van der Waals surface area contributed by atoms with Gasteiger partial charge in [-0.2, -0.15) is 0 Å². The van der Waals surface area contributed by atoms with Gasteiger partial charge in [0.25, 0.3) is 0 Å². The average Bonchev–Trinajstić information content (AvgIpc) is 2.09. The van der Waals surface area contributed by atoms with Gasteiger partial charge in [-0.25, -0.2) is 0 Å². The highest BCUT2D eigenvalue weighted by Crippen LogP contribution is 2.66. The van der Waals surface area contributed by atoms with Crippen LogP contribution in [0.3, 0.4) is 0 Å². The maximum Gasteiger partial charge on any atom is 0.248 e. The van der Waals surface area contributed by atoms with Crippen molar-refractivity contribution in [3.05, 3.63) is 0 Å². The van der Waals surface area contributed by atoms with Crippen LogP contribution in [0.15, 0.2) is 4.99 Å². The molecule has 0 rings (SSSR count). The van der Waals surface area contributed by atoms with E-state index in [1.807, 2.05) is 33.9 Å². The first-order valence-electron chi connectivity index (χ1n) is 6.67. The third-order valence-electron chi connectivity index (χ3n) is 1.71. The van der Waals surface area contributed by atoms with Gasteiger partial charge in [-0.15, -0.1) is 0 Å². The lowest BCUT2D eigenvalue weighted by Crippen LogP contribution is -2.19. The lowest BCUT2D eigenvalue weighted by Gasteiger charge is -2.31. The molecule has 0 aromatic heterocycles. The van der Waals surface area contributed by atoms with Gasteiger partial charge in [-0.3, -0.25) is 4.99 Å². The van der Waals surface area contributed by atoms with E-state index in [2.05, 4.69) is 32.7 Å². The Morgan fingerprint density at radius 2 is 1.47 bits per heavy atom. The molecule has 114 valence electrons. The largest absolute Gasteiger partial charge is 0.319 e. The zero-order valence-corrected chi connectivity index (χ0v) is 15.9. The summed E-state index contributed by atoms with van der Waals surface area (Å²) < 4.78 is 11.6. The highest BCUT2D eigenvalue weighted by molar-refractivity contribution is 8.68. The molecule has 0 aromatic rings. The zero-order valence-electron chi connectivity index (χ0n) is 13.3. The summed E-state index contributed by atoms with van der Waals surface area (Å²) in [6.07, 6.45) is 2.08. The summed E-state index contributed by atoms with van der Waals surface area (Å²) in [5.41, 5.74) is -2.35. The SMILES string of the molecule is CC(C)N=CC(C)(C)SP(=S)(OC(C)C)OC(C)C. The molecule has 0 amide bonds. The van der Waals surface area contributed by atoms with Crippen LogP contribution in [0.1, 0.15) is 55.4 Å². The maximum atomic E-state index is 5.90. The van der Waals surface area contributed by atoms with Crippen molar-refractivity contribution in [2.24, 2.45) is 4.99 Å². The van der Waals surface area contributed by atoms with Gasteiger partial charge in [-0.1, -0.05) is 11.4 Å². The van der Waals surface area contributed by atoms with E-state index >= 15 is 0 Å². The Bertz CT molecular complexity index is 328. The van der Waals surface area contributed by atoms with Crippen LogP contribution in [0.5, 0.6) is 0 Å². The molecule has 0 saturated carbocycles. The van der Waals surface area contributed by atoms with Crippen molar-refractivity contribution in [2.45, 2.75) is 78.4 Å². The van der Waals surface area contributed by atoms with Crippen LogP contribution in [-0.2, 0) is 20.9 Å². The number of rotatable bonds is 8. The van der Waals surface area contributed by atoms with Gasteiger partial charge in [0.1, 0.15) is 0 Å². The quantitative estimate of drug-likeness (QED) is 0.461. The minimum atomic E-state index is -2.35. The van der Waals surface area contributed by atoms with Crippen molar-refractivity contribution in [3.63, 3.8) is 0 Å². The summed E-state index contributed by atoms with van der Waals surface area (Å²) in [7, 11) is 0. The summed E-state index contributed by atoms with van der Waals surface area (Å²) in [4.78, 5) is 4.45. The fraction of sp³-hybridized carbons (Fsp3) is 0.923. The second kappa shape index (κ2) is 8.14. The van der Waals surface area contributed by atoms with Crippen molar-refractivity contribution in [1.29, 1.82) is 0 Å². The average molecular weight is 325 g/mol. The van der Waals surface area contributed by atoms with Crippen LogP contribution in [0.2, 0.25) is 0 Å². The normalized spacial score (nSPS) is 14.3. The Balaban J connectivity index is 4.94. The van der Waals surface area contributed by atoms with Crippen LogP contribution in [0.25, 0.3) is 0 Å². The van der Waals surface area contributed by atoms with E-state index in [-0.39, 0.29) is 23.0 Å². The minimum absolute atomic E-state index is 0.0647. The van der Waals surface area contributed by atoms with Gasteiger partial charge in [0.05, 0.1) is 17.0 Å². The lowest BCUT2D eigenvalue weighted by atomic mass is 10.2. The van der Waals surface area contributed by atoms with Gasteiger partial charge < -0.3 is 9.05 Å². The molecular formula is C13H28NO2PS2. The van der Waals surface area contributed by atoms with E-state index in [1.54, 1.807) is 11.4 Å². The number of aliphatic imine (C=N–C) groups is 1. The summed E-state index contributed by atoms with van der Waals surface area (Å²) in [6.45, 7) is 16.3. The first kappa shape index (κ1) is 19.6. The molecule has 0 saturated heterocycles. The molecule has 0 heterocycles. The van der Waals surface area contributed by atoms with E-state index < -0.39 is 5.69 Å². The number of hydrogen-bond acceptors (Lipinski definition) is 5. The lowest BCUT2D eigenvalue weighted by molar-refractivity contribution is 0.186. The third-order valence-corrected chi connectivity index (χ3v) is 7.66. The molecule has 0 N–H and O–H groups in total. The van der Waals surface area contributed by atoms with E-state index in [9.17, 15) is 0 Å². The fourth-order valence-electron chi connectivity index (χ4n) is 1.22. The first-order valence-corrected chi connectivity index (χ1v) is 10.7. The van der Waals surface area contributed by atoms with Crippen LogP contribution < -0.4 is 0 Å². The summed E-state index contributed by atoms with van der Waals surface area (Å²) in [6, 6.07) is 0.287. The zero-order chi connectivity index (χ0) is 15.3. The predicted molar refractivity (Wildman–Crippen MR) is 92.0 cm³/mol. The molecule has 0 aliphatic heterocycles. The fourth-order valence-corrected chi connectivity index (χ4v) is 9.00. The van der Waals surface area contributed by atoms with E-state index in [0.717, 1.165) is 0 Å². The van der Waals surface area contributed by atoms with E-state index in [1.165, 1.54) is 0 Å². The second-order valence-corrected chi connectivity index (χ2v) is 12.5. The minimum Gasteiger partial charge on any atom is -0.319 e. The maximum absolute atomic E-state index is 5.90. The van der Waals surface area contributed by atoms with Crippen molar-refractivity contribution in [3.8, 4) is 0 Å². The molecule has 0 spiro atoms. The Morgan fingerprint density at radius 1 is 1.05 bits per heavy atom. The monoisotopic (exact) mass is 325 g/mol. The van der Waals surface area contributed by atoms with Crippen LogP contribution in [0, 0.1) is 0 Å². The molecule has 0 bridgehead atoms. The topological polar surface area (TPSA) is 30.8 Å². The Morgan fingerprint density at radius 3 is 1.79 bits per heavy atom. The first-order chi connectivity index (χ1) is 8.46. The van der Waals surface area contributed by atoms with Crippen molar-refractivity contribution in [2.75, 3.05) is 0 Å². The van der Waals surface area contributed by atoms with Crippen LogP contribution in [0.4, 0.5) is 0 Å². The standard InChI is InChI=1S/C13H28NO2PS2/c1-10(2)14-9-13(7,8)19-17(18,15-11(3)4)16-12(5)6/h9-12H,1-8H3.